The Labute approximate surface area is 125 Å². The summed E-state index contributed by atoms with van der Waals surface area (Å²) in [6.45, 7) is 6.97. The largest absolute Gasteiger partial charge is 0.450 e. The molecule has 1 aliphatic heterocycles. The van der Waals surface area contributed by atoms with E-state index in [0.29, 0.717) is 31.8 Å². The molecule has 6 heteroatoms. The Kier molecular flexibility index (Phi) is 5.38. The second kappa shape index (κ2) is 7.26. The van der Waals surface area contributed by atoms with Crippen molar-refractivity contribution >= 4 is 11.8 Å². The van der Waals surface area contributed by atoms with Gasteiger partial charge in [-0.25, -0.2) is 4.79 Å². The van der Waals surface area contributed by atoms with Gasteiger partial charge in [0.05, 0.1) is 30.3 Å². The van der Waals surface area contributed by atoms with Gasteiger partial charge in [0.25, 0.3) is 0 Å². The Bertz CT molecular complexity index is 456. The third-order valence-electron chi connectivity index (χ3n) is 3.67. The van der Waals surface area contributed by atoms with Crippen molar-refractivity contribution in [2.45, 2.75) is 26.4 Å². The number of aliphatic hydroxyl groups is 1. The Balaban J connectivity index is 1.91. The van der Waals surface area contributed by atoms with Gasteiger partial charge in [0, 0.05) is 26.2 Å². The highest BCUT2D eigenvalue weighted by atomic mass is 16.6. The first-order chi connectivity index (χ1) is 10.2. The number of ether oxygens (including phenoxy) is 1. The molecule has 2 heterocycles. The van der Waals surface area contributed by atoms with Crippen LogP contribution in [0.1, 0.15) is 32.1 Å². The SMILES string of the molecule is CCOC(=O)N1CCN(c2ccc(C(O)CC)nc2)CC1. The molecule has 1 amide bonds. The second-order valence-electron chi connectivity index (χ2n) is 5.04. The van der Waals surface area contributed by atoms with Gasteiger partial charge < -0.3 is 19.6 Å². The van der Waals surface area contributed by atoms with Gasteiger partial charge in [-0.2, -0.15) is 0 Å². The maximum absolute atomic E-state index is 11.6. The van der Waals surface area contributed by atoms with Crippen LogP contribution in [0.5, 0.6) is 0 Å². The maximum atomic E-state index is 11.6. The summed E-state index contributed by atoms with van der Waals surface area (Å²) in [5.41, 5.74) is 1.72. The molecule has 0 aliphatic carbocycles. The molecular formula is C15H23N3O3. The molecule has 6 nitrogen and oxygen atoms in total. The number of amides is 1. The lowest BCUT2D eigenvalue weighted by molar-refractivity contribution is 0.105. The van der Waals surface area contributed by atoms with Crippen LogP contribution in [-0.2, 0) is 4.74 Å². The fraction of sp³-hybridized carbons (Fsp3) is 0.600. The van der Waals surface area contributed by atoms with Crippen LogP contribution in [0.2, 0.25) is 0 Å². The lowest BCUT2D eigenvalue weighted by Crippen LogP contribution is -2.49. The first-order valence-corrected chi connectivity index (χ1v) is 7.46. The van der Waals surface area contributed by atoms with Crippen LogP contribution in [0.4, 0.5) is 10.5 Å². The third-order valence-corrected chi connectivity index (χ3v) is 3.67. The van der Waals surface area contributed by atoms with E-state index in [1.54, 1.807) is 11.1 Å². The quantitative estimate of drug-likeness (QED) is 0.917. The van der Waals surface area contributed by atoms with Crippen LogP contribution in [0.15, 0.2) is 18.3 Å². The average Bonchev–Trinajstić information content (AvgIpc) is 2.54. The summed E-state index contributed by atoms with van der Waals surface area (Å²) in [7, 11) is 0. The number of anilines is 1. The smallest absolute Gasteiger partial charge is 0.409 e. The molecule has 21 heavy (non-hydrogen) atoms. The summed E-state index contributed by atoms with van der Waals surface area (Å²) in [5, 5.41) is 9.74. The van der Waals surface area contributed by atoms with E-state index in [2.05, 4.69) is 9.88 Å². The minimum atomic E-state index is -0.500. The van der Waals surface area contributed by atoms with Gasteiger partial charge in [0.2, 0.25) is 0 Å². The zero-order valence-electron chi connectivity index (χ0n) is 12.7. The van der Waals surface area contributed by atoms with Gasteiger partial charge in [-0.15, -0.1) is 0 Å². The van der Waals surface area contributed by atoms with Gasteiger partial charge in [0.1, 0.15) is 0 Å². The van der Waals surface area contributed by atoms with E-state index in [4.69, 9.17) is 4.74 Å². The predicted octanol–water partition coefficient (Wildman–Crippen LogP) is 1.80. The molecule has 0 radical (unpaired) electrons. The second-order valence-corrected chi connectivity index (χ2v) is 5.04. The molecule has 1 aliphatic rings. The zero-order valence-corrected chi connectivity index (χ0v) is 12.7. The highest BCUT2D eigenvalue weighted by Crippen LogP contribution is 2.19. The number of rotatable bonds is 4. The topological polar surface area (TPSA) is 65.9 Å². The lowest BCUT2D eigenvalue weighted by Gasteiger charge is -2.35. The van der Waals surface area contributed by atoms with Crippen molar-refractivity contribution in [1.29, 1.82) is 0 Å². The Morgan fingerprint density at radius 3 is 2.57 bits per heavy atom. The molecule has 1 N–H and O–H groups in total. The number of carbonyl (C=O) groups excluding carboxylic acids is 1. The molecule has 1 unspecified atom stereocenters. The minimum absolute atomic E-state index is 0.239. The van der Waals surface area contributed by atoms with Crippen LogP contribution in [-0.4, -0.2) is 53.9 Å². The van der Waals surface area contributed by atoms with Crippen molar-refractivity contribution in [3.63, 3.8) is 0 Å². The van der Waals surface area contributed by atoms with Crippen molar-refractivity contribution in [2.75, 3.05) is 37.7 Å². The molecule has 1 saturated heterocycles. The van der Waals surface area contributed by atoms with E-state index in [0.717, 1.165) is 18.8 Å². The molecule has 116 valence electrons. The molecule has 1 fully saturated rings. The number of aliphatic hydroxyl groups excluding tert-OH is 1. The summed E-state index contributed by atoms with van der Waals surface area (Å²) in [4.78, 5) is 19.9. The highest BCUT2D eigenvalue weighted by molar-refractivity contribution is 5.68. The molecule has 2 rings (SSSR count). The van der Waals surface area contributed by atoms with Crippen LogP contribution in [0.3, 0.4) is 0 Å². The van der Waals surface area contributed by atoms with Gasteiger partial charge in [0.15, 0.2) is 0 Å². The Morgan fingerprint density at radius 1 is 1.33 bits per heavy atom. The predicted molar refractivity (Wildman–Crippen MR) is 80.3 cm³/mol. The van der Waals surface area contributed by atoms with Gasteiger partial charge in [-0.1, -0.05) is 6.92 Å². The first kappa shape index (κ1) is 15.6. The van der Waals surface area contributed by atoms with E-state index in [-0.39, 0.29) is 6.09 Å². The summed E-state index contributed by atoms with van der Waals surface area (Å²) in [6.07, 6.45) is 1.70. The molecule has 1 aromatic heterocycles. The average molecular weight is 293 g/mol. The number of pyridine rings is 1. The molecular weight excluding hydrogens is 270 g/mol. The van der Waals surface area contributed by atoms with Crippen molar-refractivity contribution < 1.29 is 14.6 Å². The fourth-order valence-corrected chi connectivity index (χ4v) is 2.35. The molecule has 0 spiro atoms. The summed E-state index contributed by atoms with van der Waals surface area (Å²) in [5.74, 6) is 0. The van der Waals surface area contributed by atoms with Crippen molar-refractivity contribution in [2.24, 2.45) is 0 Å². The zero-order chi connectivity index (χ0) is 15.2. The highest BCUT2D eigenvalue weighted by Gasteiger charge is 2.22. The Morgan fingerprint density at radius 2 is 2.05 bits per heavy atom. The van der Waals surface area contributed by atoms with Crippen LogP contribution in [0, 0.1) is 0 Å². The van der Waals surface area contributed by atoms with E-state index in [9.17, 15) is 9.90 Å². The maximum Gasteiger partial charge on any atom is 0.409 e. The van der Waals surface area contributed by atoms with E-state index in [1.807, 2.05) is 26.0 Å². The number of piperazine rings is 1. The monoisotopic (exact) mass is 293 g/mol. The summed E-state index contributed by atoms with van der Waals surface area (Å²) in [6, 6.07) is 3.84. The Hall–Kier alpha value is -1.82. The van der Waals surface area contributed by atoms with Crippen LogP contribution < -0.4 is 4.90 Å². The van der Waals surface area contributed by atoms with Crippen LogP contribution >= 0.6 is 0 Å². The standard InChI is InChI=1S/C15H23N3O3/c1-3-14(19)13-6-5-12(11-16-13)17-7-9-18(10-8-17)15(20)21-4-2/h5-6,11,14,19H,3-4,7-10H2,1-2H3. The molecule has 0 bridgehead atoms. The van der Waals surface area contributed by atoms with Crippen molar-refractivity contribution in [3.8, 4) is 0 Å². The van der Waals surface area contributed by atoms with E-state index >= 15 is 0 Å². The fourth-order valence-electron chi connectivity index (χ4n) is 2.35. The van der Waals surface area contributed by atoms with E-state index in [1.165, 1.54) is 0 Å². The number of hydrogen-bond acceptors (Lipinski definition) is 5. The first-order valence-electron chi connectivity index (χ1n) is 7.46. The third kappa shape index (κ3) is 3.85. The number of hydrogen-bond donors (Lipinski definition) is 1. The van der Waals surface area contributed by atoms with E-state index < -0.39 is 6.10 Å². The molecule has 1 aromatic rings. The normalized spacial score (nSPS) is 16.7. The molecule has 0 saturated carbocycles. The van der Waals surface area contributed by atoms with Gasteiger partial charge in [-0.3, -0.25) is 4.98 Å². The minimum Gasteiger partial charge on any atom is -0.450 e. The van der Waals surface area contributed by atoms with Gasteiger partial charge >= 0.3 is 6.09 Å². The number of nitrogens with zero attached hydrogens (tertiary/aromatic N) is 3. The van der Waals surface area contributed by atoms with Crippen molar-refractivity contribution in [3.05, 3.63) is 24.0 Å². The van der Waals surface area contributed by atoms with Crippen LogP contribution in [0.25, 0.3) is 0 Å². The van der Waals surface area contributed by atoms with Crippen molar-refractivity contribution in [1.82, 2.24) is 9.88 Å². The summed E-state index contributed by atoms with van der Waals surface area (Å²) < 4.78 is 5.01. The number of aromatic nitrogens is 1. The summed E-state index contributed by atoms with van der Waals surface area (Å²) >= 11 is 0. The lowest BCUT2D eigenvalue weighted by atomic mass is 10.2. The number of carbonyl (C=O) groups is 1. The molecule has 0 aromatic carbocycles. The van der Waals surface area contributed by atoms with Gasteiger partial charge in [-0.05, 0) is 25.5 Å². The molecule has 1 atom stereocenters.